The van der Waals surface area contributed by atoms with Crippen molar-refractivity contribution >= 4 is 23.4 Å². The fourth-order valence-corrected chi connectivity index (χ4v) is 2.75. The fourth-order valence-electron chi connectivity index (χ4n) is 2.75. The van der Waals surface area contributed by atoms with Gasteiger partial charge in [-0.25, -0.2) is 14.8 Å². The lowest BCUT2D eigenvalue weighted by molar-refractivity contribution is 0.0600. The topological polar surface area (TPSA) is 84.4 Å². The highest BCUT2D eigenvalue weighted by molar-refractivity contribution is 5.92. The summed E-state index contributed by atoms with van der Waals surface area (Å²) in [5, 5.41) is 3.09. The van der Waals surface area contributed by atoms with E-state index in [4.69, 9.17) is 0 Å². The normalized spacial score (nSPS) is 10.3. The van der Waals surface area contributed by atoms with Crippen LogP contribution in [0.1, 0.15) is 33.3 Å². The summed E-state index contributed by atoms with van der Waals surface area (Å²) in [6, 6.07) is 16.6. The van der Waals surface area contributed by atoms with E-state index in [2.05, 4.69) is 20.0 Å². The van der Waals surface area contributed by atoms with Crippen molar-refractivity contribution in [2.45, 2.75) is 13.5 Å². The Kier molecular flexibility index (Phi) is 6.52. The molecule has 29 heavy (non-hydrogen) atoms. The minimum Gasteiger partial charge on any atom is -0.465 e. The van der Waals surface area contributed by atoms with Crippen LogP contribution in [-0.4, -0.2) is 40.4 Å². The maximum atomic E-state index is 12.7. The lowest BCUT2D eigenvalue weighted by Crippen LogP contribution is -2.31. The largest absolute Gasteiger partial charge is 0.465 e. The summed E-state index contributed by atoms with van der Waals surface area (Å²) in [5.74, 6) is -0.0634. The Morgan fingerprint density at radius 1 is 1.00 bits per heavy atom. The van der Waals surface area contributed by atoms with Crippen molar-refractivity contribution in [1.29, 1.82) is 0 Å². The summed E-state index contributed by atoms with van der Waals surface area (Å²) in [4.78, 5) is 34.5. The molecule has 1 heterocycles. The van der Waals surface area contributed by atoms with Gasteiger partial charge in [-0.1, -0.05) is 30.3 Å². The van der Waals surface area contributed by atoms with Crippen molar-refractivity contribution in [2.75, 3.05) is 19.0 Å². The van der Waals surface area contributed by atoms with Gasteiger partial charge in [-0.2, -0.15) is 0 Å². The Morgan fingerprint density at radius 3 is 2.31 bits per heavy atom. The monoisotopic (exact) mass is 390 g/mol. The van der Waals surface area contributed by atoms with Gasteiger partial charge in [0, 0.05) is 18.8 Å². The Morgan fingerprint density at radius 2 is 1.72 bits per heavy atom. The van der Waals surface area contributed by atoms with Crippen molar-refractivity contribution in [3.8, 4) is 0 Å². The molecule has 0 saturated heterocycles. The highest BCUT2D eigenvalue weighted by Gasteiger charge is 2.16. The van der Waals surface area contributed by atoms with Crippen LogP contribution in [0.2, 0.25) is 0 Å². The van der Waals surface area contributed by atoms with Gasteiger partial charge in [0.2, 0.25) is 0 Å². The standard InChI is InChI=1S/C22H22N4O3/c1-3-26(15-16-7-5-4-6-8-16)21(27)19-13-24-20(14-23-19)25-18-11-9-17(10-12-18)22(28)29-2/h4-14H,3,15H2,1-2H3,(H,24,25). The quantitative estimate of drug-likeness (QED) is 0.620. The second kappa shape index (κ2) is 9.45. The van der Waals surface area contributed by atoms with Crippen LogP contribution >= 0.6 is 0 Å². The van der Waals surface area contributed by atoms with Crippen LogP contribution in [0.5, 0.6) is 0 Å². The Labute approximate surface area is 169 Å². The third kappa shape index (κ3) is 5.16. The van der Waals surface area contributed by atoms with Crippen molar-refractivity contribution in [3.05, 3.63) is 83.8 Å². The molecule has 7 nitrogen and oxygen atoms in total. The maximum Gasteiger partial charge on any atom is 0.337 e. The average Bonchev–Trinajstić information content (AvgIpc) is 2.78. The zero-order chi connectivity index (χ0) is 20.6. The Hall–Kier alpha value is -3.74. The van der Waals surface area contributed by atoms with E-state index < -0.39 is 5.97 Å². The molecule has 1 N–H and O–H groups in total. The molecule has 1 aromatic heterocycles. The molecular weight excluding hydrogens is 368 g/mol. The summed E-state index contributed by atoms with van der Waals surface area (Å²) in [7, 11) is 1.34. The first-order valence-corrected chi connectivity index (χ1v) is 9.21. The first kappa shape index (κ1) is 20.0. The van der Waals surface area contributed by atoms with Gasteiger partial charge in [0.15, 0.2) is 0 Å². The molecule has 0 fully saturated rings. The number of ether oxygens (including phenoxy) is 1. The highest BCUT2D eigenvalue weighted by atomic mass is 16.5. The number of aromatic nitrogens is 2. The molecule has 0 atom stereocenters. The number of rotatable bonds is 7. The van der Waals surface area contributed by atoms with Crippen LogP contribution in [-0.2, 0) is 11.3 Å². The molecular formula is C22H22N4O3. The molecule has 0 bridgehead atoms. The molecule has 2 aromatic carbocycles. The number of hydrogen-bond acceptors (Lipinski definition) is 6. The van der Waals surface area contributed by atoms with Crippen molar-refractivity contribution < 1.29 is 14.3 Å². The minimum absolute atomic E-state index is 0.169. The number of esters is 1. The second-order valence-corrected chi connectivity index (χ2v) is 6.29. The summed E-state index contributed by atoms with van der Waals surface area (Å²) < 4.78 is 4.68. The lowest BCUT2D eigenvalue weighted by Gasteiger charge is -2.20. The smallest absolute Gasteiger partial charge is 0.337 e. The van der Waals surface area contributed by atoms with E-state index in [9.17, 15) is 9.59 Å². The number of carbonyl (C=O) groups is 2. The van der Waals surface area contributed by atoms with E-state index in [1.54, 1.807) is 29.2 Å². The van der Waals surface area contributed by atoms with Gasteiger partial charge in [0.25, 0.3) is 5.91 Å². The van der Waals surface area contributed by atoms with Crippen LogP contribution in [0.15, 0.2) is 67.0 Å². The number of hydrogen-bond donors (Lipinski definition) is 1. The van der Waals surface area contributed by atoms with E-state index in [0.29, 0.717) is 24.5 Å². The molecule has 0 aliphatic heterocycles. The fraction of sp³-hybridized carbons (Fsp3) is 0.182. The predicted molar refractivity (Wildman–Crippen MR) is 110 cm³/mol. The van der Waals surface area contributed by atoms with Gasteiger partial charge in [-0.15, -0.1) is 0 Å². The number of benzene rings is 2. The number of amides is 1. The van der Waals surface area contributed by atoms with Gasteiger partial charge in [-0.05, 0) is 36.8 Å². The number of nitrogens with one attached hydrogen (secondary N) is 1. The van der Waals surface area contributed by atoms with Crippen molar-refractivity contribution in [3.63, 3.8) is 0 Å². The average molecular weight is 390 g/mol. The van der Waals surface area contributed by atoms with Crippen molar-refractivity contribution in [1.82, 2.24) is 14.9 Å². The number of nitrogens with zero attached hydrogens (tertiary/aromatic N) is 3. The van der Waals surface area contributed by atoms with E-state index in [-0.39, 0.29) is 11.6 Å². The van der Waals surface area contributed by atoms with Gasteiger partial charge in [0.05, 0.1) is 25.1 Å². The predicted octanol–water partition coefficient (Wildman–Crippen LogP) is 3.67. The van der Waals surface area contributed by atoms with Crippen LogP contribution in [0.25, 0.3) is 0 Å². The Bertz CT molecular complexity index is 958. The first-order valence-electron chi connectivity index (χ1n) is 9.21. The van der Waals surface area contributed by atoms with E-state index >= 15 is 0 Å². The molecule has 148 valence electrons. The molecule has 0 spiro atoms. The summed E-state index contributed by atoms with van der Waals surface area (Å²) >= 11 is 0. The molecule has 3 rings (SSSR count). The molecule has 0 unspecified atom stereocenters. The van der Waals surface area contributed by atoms with Gasteiger partial charge >= 0.3 is 5.97 Å². The SMILES string of the molecule is CCN(Cc1ccccc1)C(=O)c1cnc(Nc2ccc(C(=O)OC)cc2)cn1. The van der Waals surface area contributed by atoms with Gasteiger partial charge in [0.1, 0.15) is 11.5 Å². The van der Waals surface area contributed by atoms with E-state index in [0.717, 1.165) is 11.3 Å². The summed E-state index contributed by atoms with van der Waals surface area (Å²) in [5.41, 5.74) is 2.55. The molecule has 0 radical (unpaired) electrons. The molecule has 3 aromatic rings. The van der Waals surface area contributed by atoms with Gasteiger partial charge < -0.3 is 15.0 Å². The van der Waals surface area contributed by atoms with Crippen molar-refractivity contribution in [2.24, 2.45) is 0 Å². The molecule has 1 amide bonds. The number of anilines is 2. The third-order valence-corrected chi connectivity index (χ3v) is 4.33. The van der Waals surface area contributed by atoms with Crippen LogP contribution in [0, 0.1) is 0 Å². The maximum absolute atomic E-state index is 12.7. The van der Waals surface area contributed by atoms with Crippen LogP contribution in [0.4, 0.5) is 11.5 Å². The first-order chi connectivity index (χ1) is 14.1. The van der Waals surface area contributed by atoms with Crippen LogP contribution in [0.3, 0.4) is 0 Å². The molecule has 0 saturated carbocycles. The van der Waals surface area contributed by atoms with Gasteiger partial charge in [-0.3, -0.25) is 4.79 Å². The van der Waals surface area contributed by atoms with E-state index in [1.807, 2.05) is 37.3 Å². The second-order valence-electron chi connectivity index (χ2n) is 6.29. The van der Waals surface area contributed by atoms with E-state index in [1.165, 1.54) is 19.5 Å². The minimum atomic E-state index is -0.393. The molecule has 0 aliphatic rings. The summed E-state index contributed by atoms with van der Waals surface area (Å²) in [6.45, 7) is 3.02. The zero-order valence-electron chi connectivity index (χ0n) is 16.3. The molecule has 7 heteroatoms. The van der Waals surface area contributed by atoms with Crippen LogP contribution < -0.4 is 5.32 Å². The molecule has 0 aliphatic carbocycles. The summed E-state index contributed by atoms with van der Waals surface area (Å²) in [6.07, 6.45) is 2.97. The lowest BCUT2D eigenvalue weighted by atomic mass is 10.2. The third-order valence-electron chi connectivity index (χ3n) is 4.33. The highest BCUT2D eigenvalue weighted by Crippen LogP contribution is 2.16. The Balaban J connectivity index is 1.65. The zero-order valence-corrected chi connectivity index (χ0v) is 16.3. The number of carbonyl (C=O) groups excluding carboxylic acids is 2. The number of methoxy groups -OCH3 is 1.